The first-order valence-corrected chi connectivity index (χ1v) is 13.1. The van der Waals surface area contributed by atoms with E-state index >= 15 is 0 Å². The van der Waals surface area contributed by atoms with Crippen LogP contribution in [0, 0.1) is 6.92 Å². The summed E-state index contributed by atoms with van der Waals surface area (Å²) in [6, 6.07) is 14.6. The van der Waals surface area contributed by atoms with Crippen molar-refractivity contribution >= 4 is 15.7 Å². The molecule has 0 spiro atoms. The number of nitrogens with zero attached hydrogens (tertiary/aromatic N) is 1. The Morgan fingerprint density at radius 2 is 1.69 bits per heavy atom. The van der Waals surface area contributed by atoms with Gasteiger partial charge in [-0.15, -0.1) is 0 Å². The number of hydrogen-bond donors (Lipinski definition) is 1. The number of methoxy groups -OCH3 is 2. The van der Waals surface area contributed by atoms with Crippen LogP contribution in [0.4, 0.5) is 0 Å². The number of sulfone groups is 1. The van der Waals surface area contributed by atoms with Crippen LogP contribution in [0.2, 0.25) is 0 Å². The molecular formula is C26H30N2O7S. The summed E-state index contributed by atoms with van der Waals surface area (Å²) in [5, 5.41) is 2.61. The third-order valence-corrected chi connectivity index (χ3v) is 7.78. The van der Waals surface area contributed by atoms with Gasteiger partial charge in [-0.2, -0.15) is 0 Å². The number of carbonyl (C=O) groups excluding carboxylic acids is 1. The Morgan fingerprint density at radius 3 is 2.36 bits per heavy atom. The number of benzene rings is 2. The van der Waals surface area contributed by atoms with E-state index in [1.54, 1.807) is 26.4 Å². The van der Waals surface area contributed by atoms with Crippen molar-refractivity contribution in [3.05, 3.63) is 71.5 Å². The summed E-state index contributed by atoms with van der Waals surface area (Å²) in [4.78, 5) is 15.3. The van der Waals surface area contributed by atoms with Gasteiger partial charge in [0, 0.05) is 19.6 Å². The van der Waals surface area contributed by atoms with Crippen molar-refractivity contribution in [2.45, 2.75) is 23.0 Å². The molecule has 1 fully saturated rings. The molecule has 36 heavy (non-hydrogen) atoms. The second kappa shape index (κ2) is 11.2. The van der Waals surface area contributed by atoms with E-state index in [2.05, 4.69) is 10.2 Å². The molecule has 3 aromatic rings. The zero-order valence-electron chi connectivity index (χ0n) is 20.5. The molecule has 2 heterocycles. The molecule has 1 atom stereocenters. The summed E-state index contributed by atoms with van der Waals surface area (Å²) in [6.45, 7) is 4.74. The predicted molar refractivity (Wildman–Crippen MR) is 132 cm³/mol. The van der Waals surface area contributed by atoms with Crippen LogP contribution in [0.1, 0.15) is 27.7 Å². The van der Waals surface area contributed by atoms with Crippen LogP contribution in [-0.2, 0) is 14.6 Å². The van der Waals surface area contributed by atoms with Gasteiger partial charge >= 0.3 is 0 Å². The van der Waals surface area contributed by atoms with Gasteiger partial charge in [-0.25, -0.2) is 8.42 Å². The summed E-state index contributed by atoms with van der Waals surface area (Å²) in [7, 11) is -0.716. The Kier molecular flexibility index (Phi) is 7.97. The summed E-state index contributed by atoms with van der Waals surface area (Å²) < 4.78 is 47.5. The van der Waals surface area contributed by atoms with Gasteiger partial charge in [0.05, 0.1) is 38.4 Å². The molecule has 0 bridgehead atoms. The Labute approximate surface area is 210 Å². The highest BCUT2D eigenvalue weighted by atomic mass is 32.2. The average Bonchev–Trinajstić information content (AvgIpc) is 3.41. The number of aryl methyl sites for hydroxylation is 1. The molecular weight excluding hydrogens is 484 g/mol. The quantitative estimate of drug-likeness (QED) is 0.464. The molecule has 1 aliphatic heterocycles. The van der Waals surface area contributed by atoms with Crippen LogP contribution >= 0.6 is 0 Å². The number of morpholine rings is 1. The van der Waals surface area contributed by atoms with E-state index in [0.29, 0.717) is 37.8 Å². The predicted octanol–water partition coefficient (Wildman–Crippen LogP) is 3.24. The molecule has 0 saturated carbocycles. The van der Waals surface area contributed by atoms with Crippen molar-refractivity contribution in [3.8, 4) is 11.5 Å². The first-order chi connectivity index (χ1) is 17.3. The maximum Gasteiger partial charge on any atom is 0.287 e. The minimum absolute atomic E-state index is 0.0753. The fraction of sp³-hybridized carbons (Fsp3) is 0.346. The number of furan rings is 1. The fourth-order valence-electron chi connectivity index (χ4n) is 4.10. The van der Waals surface area contributed by atoms with E-state index in [1.165, 1.54) is 24.3 Å². The van der Waals surface area contributed by atoms with Gasteiger partial charge in [-0.3, -0.25) is 9.69 Å². The molecule has 4 rings (SSSR count). The lowest BCUT2D eigenvalue weighted by Crippen LogP contribution is -2.43. The second-order valence-electron chi connectivity index (χ2n) is 8.42. The van der Waals surface area contributed by atoms with Crippen LogP contribution in [0.25, 0.3) is 0 Å². The molecule has 10 heteroatoms. The van der Waals surface area contributed by atoms with Crippen molar-refractivity contribution in [3.63, 3.8) is 0 Å². The fourth-order valence-corrected chi connectivity index (χ4v) is 5.28. The molecule has 1 unspecified atom stereocenters. The molecule has 192 valence electrons. The number of hydrogen-bond acceptors (Lipinski definition) is 8. The largest absolute Gasteiger partial charge is 0.493 e. The summed E-state index contributed by atoms with van der Waals surface area (Å²) >= 11 is 0. The lowest BCUT2D eigenvalue weighted by molar-refractivity contribution is 0.0161. The second-order valence-corrected chi connectivity index (χ2v) is 10.3. The van der Waals surface area contributed by atoms with Gasteiger partial charge < -0.3 is 23.9 Å². The van der Waals surface area contributed by atoms with Crippen LogP contribution < -0.4 is 14.8 Å². The molecule has 1 aliphatic rings. The lowest BCUT2D eigenvalue weighted by Gasteiger charge is -2.35. The zero-order chi connectivity index (χ0) is 25.7. The topological polar surface area (TPSA) is 107 Å². The Bertz CT molecular complexity index is 1300. The Morgan fingerprint density at radius 1 is 1.00 bits per heavy atom. The number of ether oxygens (including phenoxy) is 3. The van der Waals surface area contributed by atoms with Crippen LogP contribution in [0.3, 0.4) is 0 Å². The van der Waals surface area contributed by atoms with Crippen LogP contribution in [0.15, 0.2) is 69.0 Å². The van der Waals surface area contributed by atoms with Crippen molar-refractivity contribution in [1.82, 2.24) is 10.2 Å². The van der Waals surface area contributed by atoms with Gasteiger partial charge in [0.15, 0.2) is 17.3 Å². The average molecular weight is 515 g/mol. The minimum Gasteiger partial charge on any atom is -0.493 e. The first-order valence-electron chi connectivity index (χ1n) is 11.6. The van der Waals surface area contributed by atoms with E-state index in [0.717, 1.165) is 11.1 Å². The highest BCUT2D eigenvalue weighted by Gasteiger charge is 2.27. The molecule has 1 amide bonds. The van der Waals surface area contributed by atoms with Crippen molar-refractivity contribution < 1.29 is 31.8 Å². The molecule has 1 saturated heterocycles. The highest BCUT2D eigenvalue weighted by Crippen LogP contribution is 2.32. The summed E-state index contributed by atoms with van der Waals surface area (Å²) in [5.74, 6) is 0.633. The molecule has 9 nitrogen and oxygen atoms in total. The van der Waals surface area contributed by atoms with Crippen LogP contribution in [-0.4, -0.2) is 66.3 Å². The molecule has 0 radical (unpaired) electrons. The third kappa shape index (κ3) is 5.56. The minimum atomic E-state index is -3.87. The molecule has 0 aliphatic carbocycles. The maximum absolute atomic E-state index is 12.9. The Hall–Kier alpha value is -3.34. The monoisotopic (exact) mass is 514 g/mol. The number of amides is 1. The van der Waals surface area contributed by atoms with Gasteiger partial charge in [-0.05, 0) is 48.9 Å². The van der Waals surface area contributed by atoms with E-state index < -0.39 is 15.7 Å². The van der Waals surface area contributed by atoms with E-state index in [9.17, 15) is 13.2 Å². The van der Waals surface area contributed by atoms with Crippen molar-refractivity contribution in [1.29, 1.82) is 0 Å². The van der Waals surface area contributed by atoms with E-state index in [-0.39, 0.29) is 28.3 Å². The lowest BCUT2D eigenvalue weighted by atomic mass is 10.0. The molecule has 1 N–H and O–H groups in total. The van der Waals surface area contributed by atoms with Gasteiger partial charge in [0.2, 0.25) is 14.9 Å². The van der Waals surface area contributed by atoms with E-state index in [4.69, 9.17) is 18.6 Å². The van der Waals surface area contributed by atoms with Crippen LogP contribution in [0.5, 0.6) is 11.5 Å². The van der Waals surface area contributed by atoms with E-state index in [1.807, 2.05) is 25.1 Å². The number of rotatable bonds is 9. The number of nitrogens with one attached hydrogen (secondary N) is 1. The maximum atomic E-state index is 12.9. The Balaban J connectivity index is 1.52. The SMILES string of the molecule is COc1ccc(C(CNC(=O)c2ccc(S(=O)(=O)c3ccc(C)cc3)o2)N2CCOCC2)cc1OC. The summed E-state index contributed by atoms with van der Waals surface area (Å²) in [5.41, 5.74) is 1.88. The smallest absolute Gasteiger partial charge is 0.287 e. The van der Waals surface area contributed by atoms with Crippen molar-refractivity contribution in [2.75, 3.05) is 47.1 Å². The molecule has 2 aromatic carbocycles. The van der Waals surface area contributed by atoms with Gasteiger partial charge in [0.1, 0.15) is 0 Å². The summed E-state index contributed by atoms with van der Waals surface area (Å²) in [6.07, 6.45) is 0. The zero-order valence-corrected chi connectivity index (χ0v) is 21.3. The number of carbonyl (C=O) groups is 1. The standard InChI is InChI=1S/C26H30N2O7S/c1-18-4-7-20(8-5-18)36(30,31)25-11-10-23(35-25)26(29)27-17-21(28-12-14-34-15-13-28)19-6-9-22(32-2)24(16-19)33-3/h4-11,16,21H,12-15,17H2,1-3H3,(H,27,29). The first kappa shape index (κ1) is 25.7. The van der Waals surface area contributed by atoms with Gasteiger partial charge in [0.25, 0.3) is 5.91 Å². The molecule has 1 aromatic heterocycles. The van der Waals surface area contributed by atoms with Crippen molar-refractivity contribution in [2.24, 2.45) is 0 Å². The normalized spacial score (nSPS) is 15.3. The third-order valence-electron chi connectivity index (χ3n) is 6.14. The highest BCUT2D eigenvalue weighted by molar-refractivity contribution is 7.91. The van der Waals surface area contributed by atoms with Gasteiger partial charge in [-0.1, -0.05) is 23.8 Å².